The summed E-state index contributed by atoms with van der Waals surface area (Å²) < 4.78 is 5.10. The minimum Gasteiger partial charge on any atom is -0.508 e. The van der Waals surface area contributed by atoms with Crippen molar-refractivity contribution in [2.24, 2.45) is 0 Å². The average Bonchev–Trinajstić information content (AvgIpc) is 3.17. The van der Waals surface area contributed by atoms with E-state index in [1.54, 1.807) is 18.2 Å². The highest BCUT2D eigenvalue weighted by Crippen LogP contribution is 2.30. The van der Waals surface area contributed by atoms with Gasteiger partial charge in [0.05, 0.1) is 12.2 Å². The minimum absolute atomic E-state index is 0.143. The van der Waals surface area contributed by atoms with Gasteiger partial charge >= 0.3 is 0 Å². The van der Waals surface area contributed by atoms with Crippen LogP contribution in [0.4, 0.5) is 5.82 Å². The maximum absolute atomic E-state index is 10.6. The fourth-order valence-corrected chi connectivity index (χ4v) is 3.39. The molecule has 0 saturated carbocycles. The maximum Gasteiger partial charge on any atom is 0.293 e. The van der Waals surface area contributed by atoms with Crippen molar-refractivity contribution in [3.63, 3.8) is 0 Å². The Labute approximate surface area is 167 Å². The number of hydrogen-bond acceptors (Lipinski definition) is 6. The number of phenolic OH excluding ortho intramolecular Hbond substituents is 1. The summed E-state index contributed by atoms with van der Waals surface area (Å²) >= 11 is 6.01. The molecule has 28 heavy (non-hydrogen) atoms. The first-order valence-electron chi connectivity index (χ1n) is 8.91. The number of carbonyl (C=O) groups is 1. The molecule has 0 aliphatic carbocycles. The van der Waals surface area contributed by atoms with E-state index in [2.05, 4.69) is 4.90 Å². The Morgan fingerprint density at radius 1 is 1.11 bits per heavy atom. The van der Waals surface area contributed by atoms with Crippen LogP contribution < -0.4 is 4.90 Å². The van der Waals surface area contributed by atoms with Crippen LogP contribution in [0.25, 0.3) is 22.6 Å². The van der Waals surface area contributed by atoms with Crippen LogP contribution in [-0.2, 0) is 9.53 Å². The van der Waals surface area contributed by atoms with Crippen LogP contribution in [0, 0.1) is 0 Å². The first-order valence-corrected chi connectivity index (χ1v) is 9.28. The van der Waals surface area contributed by atoms with Gasteiger partial charge < -0.3 is 14.7 Å². The van der Waals surface area contributed by atoms with Crippen LogP contribution in [0.3, 0.4) is 0 Å². The monoisotopic (exact) mass is 395 g/mol. The van der Waals surface area contributed by atoms with Crippen LogP contribution in [0.15, 0.2) is 54.6 Å². The average molecular weight is 396 g/mol. The summed E-state index contributed by atoms with van der Waals surface area (Å²) in [7, 11) is 0. The number of rotatable bonds is 5. The highest BCUT2D eigenvalue weighted by molar-refractivity contribution is 6.30. The van der Waals surface area contributed by atoms with E-state index in [0.717, 1.165) is 35.6 Å². The second-order valence-electron chi connectivity index (χ2n) is 6.58. The Hall–Kier alpha value is -3.12. The molecule has 1 saturated heterocycles. The quantitative estimate of drug-likeness (QED) is 0.660. The third kappa shape index (κ3) is 3.92. The normalized spacial score (nSPS) is 16.2. The lowest BCUT2D eigenvalue weighted by atomic mass is 10.1. The Kier molecular flexibility index (Phi) is 5.12. The topological polar surface area (TPSA) is 75.5 Å². The fourth-order valence-electron chi connectivity index (χ4n) is 3.26. The van der Waals surface area contributed by atoms with Gasteiger partial charge in [-0.1, -0.05) is 35.9 Å². The van der Waals surface area contributed by atoms with Crippen LogP contribution >= 0.6 is 11.6 Å². The Morgan fingerprint density at radius 3 is 2.68 bits per heavy atom. The van der Waals surface area contributed by atoms with E-state index in [-0.39, 0.29) is 11.9 Å². The molecule has 2 aromatic carbocycles. The zero-order chi connectivity index (χ0) is 19.5. The van der Waals surface area contributed by atoms with Crippen LogP contribution in [0.2, 0.25) is 5.02 Å². The highest BCUT2D eigenvalue weighted by Gasteiger charge is 2.25. The molecule has 0 radical (unpaired) electrons. The van der Waals surface area contributed by atoms with Crippen molar-refractivity contribution < 1.29 is 14.6 Å². The van der Waals surface area contributed by atoms with E-state index in [4.69, 9.17) is 26.3 Å². The summed E-state index contributed by atoms with van der Waals surface area (Å²) in [4.78, 5) is 22.1. The van der Waals surface area contributed by atoms with Crippen molar-refractivity contribution >= 4 is 23.9 Å². The lowest BCUT2D eigenvalue weighted by molar-refractivity contribution is -0.132. The molecule has 1 atom stereocenters. The highest BCUT2D eigenvalue weighted by atomic mass is 35.5. The number of phenols is 1. The number of halogens is 1. The van der Waals surface area contributed by atoms with Crippen LogP contribution in [0.1, 0.15) is 6.42 Å². The number of carbonyl (C=O) groups excluding carboxylic acids is 1. The van der Waals surface area contributed by atoms with Gasteiger partial charge in [-0.3, -0.25) is 4.79 Å². The first-order chi connectivity index (χ1) is 13.6. The van der Waals surface area contributed by atoms with Crippen LogP contribution in [0.5, 0.6) is 5.75 Å². The minimum atomic E-state index is -0.143. The standard InChI is InChI=1S/C21H18ClN3O3/c22-16-6-4-14(5-7-16)19-11-20(25-9-8-18(12-25)28-13-26)24-21(23-19)15-2-1-3-17(27)10-15/h1-7,10-11,13,18,27H,8-9,12H2/t18-/m0/s1. The molecule has 1 fully saturated rings. The Morgan fingerprint density at radius 2 is 1.93 bits per heavy atom. The van der Waals surface area contributed by atoms with Gasteiger partial charge in [-0.15, -0.1) is 0 Å². The van der Waals surface area contributed by atoms with Crippen molar-refractivity contribution in [2.75, 3.05) is 18.0 Å². The predicted molar refractivity (Wildman–Crippen MR) is 107 cm³/mol. The molecular formula is C21H18ClN3O3. The molecule has 0 amide bonds. The summed E-state index contributed by atoms with van der Waals surface area (Å²) in [6.07, 6.45) is 0.608. The summed E-state index contributed by atoms with van der Waals surface area (Å²) in [5.41, 5.74) is 2.38. The maximum atomic E-state index is 10.6. The Balaban J connectivity index is 1.77. The lowest BCUT2D eigenvalue weighted by Crippen LogP contribution is -2.24. The van der Waals surface area contributed by atoms with Gasteiger partial charge in [0, 0.05) is 35.2 Å². The molecular weight excluding hydrogens is 378 g/mol. The van der Waals surface area contributed by atoms with Gasteiger partial charge in [-0.25, -0.2) is 9.97 Å². The van der Waals surface area contributed by atoms with Gasteiger partial charge in [0.15, 0.2) is 5.82 Å². The molecule has 0 unspecified atom stereocenters. The van der Waals surface area contributed by atoms with Crippen LogP contribution in [-0.4, -0.2) is 40.7 Å². The van der Waals surface area contributed by atoms with E-state index < -0.39 is 0 Å². The van der Waals surface area contributed by atoms with Gasteiger partial charge in [-0.05, 0) is 24.3 Å². The SMILES string of the molecule is O=CO[C@H]1CCN(c2cc(-c3ccc(Cl)cc3)nc(-c3cccc(O)c3)n2)C1. The number of hydrogen-bond donors (Lipinski definition) is 1. The van der Waals surface area contributed by atoms with Crippen molar-refractivity contribution in [2.45, 2.75) is 12.5 Å². The van der Waals surface area contributed by atoms with Gasteiger partial charge in [-0.2, -0.15) is 0 Å². The molecule has 3 aromatic rings. The first kappa shape index (κ1) is 18.3. The van der Waals surface area contributed by atoms with E-state index in [9.17, 15) is 9.90 Å². The largest absolute Gasteiger partial charge is 0.508 e. The molecule has 1 N–H and O–H groups in total. The van der Waals surface area contributed by atoms with Gasteiger partial charge in [0.1, 0.15) is 17.7 Å². The van der Waals surface area contributed by atoms with E-state index in [1.165, 1.54) is 0 Å². The van der Waals surface area contributed by atoms with Gasteiger partial charge in [0.25, 0.3) is 6.47 Å². The predicted octanol–water partition coefficient (Wildman–Crippen LogP) is 3.92. The third-order valence-electron chi connectivity index (χ3n) is 4.67. The summed E-state index contributed by atoms with van der Waals surface area (Å²) in [6, 6.07) is 16.2. The molecule has 2 heterocycles. The third-order valence-corrected chi connectivity index (χ3v) is 4.93. The van der Waals surface area contributed by atoms with E-state index >= 15 is 0 Å². The number of benzene rings is 2. The summed E-state index contributed by atoms with van der Waals surface area (Å²) in [5.74, 6) is 1.41. The van der Waals surface area contributed by atoms with Crippen molar-refractivity contribution in [3.8, 4) is 28.4 Å². The molecule has 6 nitrogen and oxygen atoms in total. The number of aromatic nitrogens is 2. The number of aromatic hydroxyl groups is 1. The zero-order valence-electron chi connectivity index (χ0n) is 15.0. The molecule has 0 bridgehead atoms. The number of ether oxygens (including phenoxy) is 1. The molecule has 142 valence electrons. The summed E-state index contributed by atoms with van der Waals surface area (Å²) in [5, 5.41) is 10.5. The number of nitrogens with zero attached hydrogens (tertiary/aromatic N) is 3. The second kappa shape index (κ2) is 7.86. The molecule has 7 heteroatoms. The van der Waals surface area contributed by atoms with Crippen molar-refractivity contribution in [3.05, 3.63) is 59.6 Å². The number of anilines is 1. The van der Waals surface area contributed by atoms with Crippen molar-refractivity contribution in [1.29, 1.82) is 0 Å². The second-order valence-corrected chi connectivity index (χ2v) is 7.02. The van der Waals surface area contributed by atoms with E-state index in [0.29, 0.717) is 23.9 Å². The Bertz CT molecular complexity index is 994. The lowest BCUT2D eigenvalue weighted by Gasteiger charge is -2.19. The smallest absolute Gasteiger partial charge is 0.293 e. The molecule has 0 spiro atoms. The summed E-state index contributed by atoms with van der Waals surface area (Å²) in [6.45, 7) is 1.80. The van der Waals surface area contributed by atoms with Crippen molar-refractivity contribution in [1.82, 2.24) is 9.97 Å². The molecule has 4 rings (SSSR count). The molecule has 1 aromatic heterocycles. The zero-order valence-corrected chi connectivity index (χ0v) is 15.7. The molecule has 1 aliphatic heterocycles. The molecule has 1 aliphatic rings. The van der Waals surface area contributed by atoms with Gasteiger partial charge in [0.2, 0.25) is 0 Å². The van der Waals surface area contributed by atoms with E-state index in [1.807, 2.05) is 36.4 Å². The fraction of sp³-hybridized carbons (Fsp3) is 0.190.